The third-order valence-electron chi connectivity index (χ3n) is 4.40. The topological polar surface area (TPSA) is 71.6 Å². The Kier molecular flexibility index (Phi) is 4.16. The van der Waals surface area contributed by atoms with Gasteiger partial charge in [0.25, 0.3) is 5.56 Å². The molecule has 5 nitrogen and oxygen atoms in total. The molecule has 0 amide bonds. The summed E-state index contributed by atoms with van der Waals surface area (Å²) in [7, 11) is 0. The number of hydrogen-bond acceptors (Lipinski definition) is 5. The molecule has 2 aromatic rings. The number of hydrogen-bond donors (Lipinski definition) is 0. The lowest BCUT2D eigenvalue weighted by atomic mass is 9.87. The lowest BCUT2D eigenvalue weighted by Crippen LogP contribution is -2.30. The Morgan fingerprint density at radius 3 is 2.73 bits per heavy atom. The number of nitriles is 1. The maximum atomic E-state index is 12.7. The zero-order chi connectivity index (χ0) is 15.7. The van der Waals surface area contributed by atoms with E-state index in [1.165, 1.54) is 11.8 Å². The van der Waals surface area contributed by atoms with E-state index in [4.69, 9.17) is 0 Å². The third kappa shape index (κ3) is 2.61. The Bertz CT molecular complexity index is 800. The molecule has 1 aliphatic carbocycles. The number of thioether (sulfide) groups is 1. The molecule has 0 spiro atoms. The van der Waals surface area contributed by atoms with Gasteiger partial charge in [0.2, 0.25) is 0 Å². The summed E-state index contributed by atoms with van der Waals surface area (Å²) in [6.07, 6.45) is 7.75. The van der Waals surface area contributed by atoms with Crippen molar-refractivity contribution in [2.75, 3.05) is 6.26 Å². The van der Waals surface area contributed by atoms with Crippen LogP contribution in [0.5, 0.6) is 0 Å². The van der Waals surface area contributed by atoms with Crippen LogP contribution >= 0.6 is 11.8 Å². The van der Waals surface area contributed by atoms with Gasteiger partial charge in [-0.1, -0.05) is 18.7 Å². The second-order valence-corrected chi connectivity index (χ2v) is 6.67. The van der Waals surface area contributed by atoms with E-state index >= 15 is 0 Å². The van der Waals surface area contributed by atoms with Crippen LogP contribution in [-0.2, 0) is 0 Å². The molecule has 0 N–H and O–H groups in total. The summed E-state index contributed by atoms with van der Waals surface area (Å²) in [5, 5.41) is 10.6. The standard InChI is InChI=1S/C16H18N4OS/c1-10-3-5-13(6-4-10)20-14-12(7-11(8-17)15(20)21)9-18-16(19-14)22-2/h7,9-10,13H,3-6H2,1-2H3. The van der Waals surface area contributed by atoms with Crippen LogP contribution in [0.3, 0.4) is 0 Å². The molecule has 22 heavy (non-hydrogen) atoms. The first-order valence-electron chi connectivity index (χ1n) is 7.50. The van der Waals surface area contributed by atoms with Crippen molar-refractivity contribution in [2.45, 2.75) is 43.8 Å². The fourth-order valence-corrected chi connectivity index (χ4v) is 3.46. The van der Waals surface area contributed by atoms with Gasteiger partial charge < -0.3 is 0 Å². The first-order valence-corrected chi connectivity index (χ1v) is 8.73. The summed E-state index contributed by atoms with van der Waals surface area (Å²) in [5.41, 5.74) is 0.606. The summed E-state index contributed by atoms with van der Waals surface area (Å²) in [5.74, 6) is 0.703. The van der Waals surface area contributed by atoms with Crippen LogP contribution < -0.4 is 5.56 Å². The Morgan fingerprint density at radius 2 is 2.09 bits per heavy atom. The molecular weight excluding hydrogens is 296 g/mol. The number of fused-ring (bicyclic) bond motifs is 1. The van der Waals surface area contributed by atoms with Gasteiger partial charge >= 0.3 is 0 Å². The van der Waals surface area contributed by atoms with Gasteiger partial charge in [0.05, 0.1) is 0 Å². The van der Waals surface area contributed by atoms with Gasteiger partial charge in [-0.2, -0.15) is 5.26 Å². The zero-order valence-electron chi connectivity index (χ0n) is 12.7. The summed E-state index contributed by atoms with van der Waals surface area (Å²) < 4.78 is 1.74. The smallest absolute Gasteiger partial charge is 0.270 e. The van der Waals surface area contributed by atoms with Gasteiger partial charge in [-0.25, -0.2) is 9.97 Å². The van der Waals surface area contributed by atoms with E-state index in [2.05, 4.69) is 16.9 Å². The highest BCUT2D eigenvalue weighted by atomic mass is 32.2. The van der Waals surface area contributed by atoms with Crippen molar-refractivity contribution < 1.29 is 0 Å². The van der Waals surface area contributed by atoms with Crippen molar-refractivity contribution in [2.24, 2.45) is 5.92 Å². The van der Waals surface area contributed by atoms with Gasteiger partial charge in [-0.05, 0) is 43.9 Å². The molecule has 2 heterocycles. The molecule has 0 atom stereocenters. The zero-order valence-corrected chi connectivity index (χ0v) is 13.6. The maximum absolute atomic E-state index is 12.7. The largest absolute Gasteiger partial charge is 0.288 e. The molecule has 0 saturated heterocycles. The molecule has 0 aromatic carbocycles. The number of nitrogens with zero attached hydrogens (tertiary/aromatic N) is 4. The second-order valence-electron chi connectivity index (χ2n) is 5.89. The lowest BCUT2D eigenvalue weighted by Gasteiger charge is -2.28. The van der Waals surface area contributed by atoms with Crippen molar-refractivity contribution in [3.8, 4) is 6.07 Å². The Morgan fingerprint density at radius 1 is 1.36 bits per heavy atom. The van der Waals surface area contributed by atoms with Gasteiger partial charge in [-0.15, -0.1) is 0 Å². The monoisotopic (exact) mass is 314 g/mol. The molecule has 0 aliphatic heterocycles. The minimum absolute atomic E-state index is 0.129. The van der Waals surface area contributed by atoms with E-state index < -0.39 is 0 Å². The summed E-state index contributed by atoms with van der Waals surface area (Å²) >= 11 is 1.45. The molecule has 114 valence electrons. The van der Waals surface area contributed by atoms with E-state index in [0.29, 0.717) is 16.7 Å². The SMILES string of the molecule is CSc1ncc2cc(C#N)c(=O)n(C3CCC(C)CC3)c2n1. The normalized spacial score (nSPS) is 21.7. The number of rotatable bonds is 2. The fraction of sp³-hybridized carbons (Fsp3) is 0.500. The summed E-state index contributed by atoms with van der Waals surface area (Å²) in [6, 6.07) is 3.74. The predicted octanol–water partition coefficient (Wildman–Crippen LogP) is 3.14. The molecule has 1 saturated carbocycles. The van der Waals surface area contributed by atoms with Crippen LogP contribution in [0.15, 0.2) is 22.2 Å². The van der Waals surface area contributed by atoms with Crippen LogP contribution in [0.4, 0.5) is 0 Å². The molecule has 3 rings (SSSR count). The predicted molar refractivity (Wildman–Crippen MR) is 87.0 cm³/mol. The number of pyridine rings is 1. The molecule has 6 heteroatoms. The minimum atomic E-state index is -0.222. The Balaban J connectivity index is 2.22. The highest BCUT2D eigenvalue weighted by Crippen LogP contribution is 2.32. The van der Waals surface area contributed by atoms with E-state index in [-0.39, 0.29) is 17.2 Å². The van der Waals surface area contributed by atoms with Crippen molar-refractivity contribution in [3.63, 3.8) is 0 Å². The van der Waals surface area contributed by atoms with Gasteiger partial charge in [-0.3, -0.25) is 9.36 Å². The van der Waals surface area contributed by atoms with E-state index in [0.717, 1.165) is 31.1 Å². The Labute approximate surface area is 133 Å². The van der Waals surface area contributed by atoms with Crippen molar-refractivity contribution in [3.05, 3.63) is 28.2 Å². The average molecular weight is 314 g/mol. The number of aromatic nitrogens is 3. The maximum Gasteiger partial charge on any atom is 0.270 e. The van der Waals surface area contributed by atoms with Crippen molar-refractivity contribution >= 4 is 22.8 Å². The third-order valence-corrected chi connectivity index (χ3v) is 4.97. The van der Waals surface area contributed by atoms with Crippen LogP contribution in [0.2, 0.25) is 0 Å². The van der Waals surface area contributed by atoms with Crippen LogP contribution in [0.1, 0.15) is 44.2 Å². The van der Waals surface area contributed by atoms with Crippen LogP contribution in [0, 0.1) is 17.2 Å². The molecule has 1 aliphatic rings. The Hall–Kier alpha value is -1.87. The van der Waals surface area contributed by atoms with Crippen molar-refractivity contribution in [1.29, 1.82) is 5.26 Å². The fourth-order valence-electron chi connectivity index (χ4n) is 3.12. The van der Waals surface area contributed by atoms with Gasteiger partial charge in [0, 0.05) is 17.6 Å². The average Bonchev–Trinajstić information content (AvgIpc) is 2.55. The highest BCUT2D eigenvalue weighted by molar-refractivity contribution is 7.98. The quantitative estimate of drug-likeness (QED) is 0.629. The first-order chi connectivity index (χ1) is 10.6. The molecule has 0 radical (unpaired) electrons. The van der Waals surface area contributed by atoms with Gasteiger partial charge in [0.15, 0.2) is 5.16 Å². The molecular formula is C16H18N4OS. The van der Waals surface area contributed by atoms with E-state index in [1.54, 1.807) is 16.8 Å². The minimum Gasteiger partial charge on any atom is -0.288 e. The van der Waals surface area contributed by atoms with Crippen LogP contribution in [-0.4, -0.2) is 20.8 Å². The molecule has 1 fully saturated rings. The van der Waals surface area contributed by atoms with Gasteiger partial charge in [0.1, 0.15) is 17.3 Å². The second kappa shape index (κ2) is 6.09. The highest BCUT2D eigenvalue weighted by Gasteiger charge is 2.24. The lowest BCUT2D eigenvalue weighted by molar-refractivity contribution is 0.289. The molecule has 0 unspecified atom stereocenters. The first kappa shape index (κ1) is 15.0. The summed E-state index contributed by atoms with van der Waals surface area (Å²) in [4.78, 5) is 21.5. The van der Waals surface area contributed by atoms with Crippen LogP contribution in [0.25, 0.3) is 11.0 Å². The molecule has 0 bridgehead atoms. The summed E-state index contributed by atoms with van der Waals surface area (Å²) in [6.45, 7) is 2.25. The van der Waals surface area contributed by atoms with Crippen molar-refractivity contribution in [1.82, 2.24) is 14.5 Å². The van der Waals surface area contributed by atoms with E-state index in [9.17, 15) is 10.1 Å². The molecule has 2 aromatic heterocycles. The van der Waals surface area contributed by atoms with E-state index in [1.807, 2.05) is 12.3 Å².